The molecule has 3 amide bonds. The summed E-state index contributed by atoms with van der Waals surface area (Å²) in [5.74, 6) is -1.57. The predicted molar refractivity (Wildman–Crippen MR) is 59.4 cm³/mol. The van der Waals surface area contributed by atoms with Crippen LogP contribution < -0.4 is 10.6 Å². The van der Waals surface area contributed by atoms with Crippen LogP contribution in [0.25, 0.3) is 0 Å². The Balaban J connectivity index is 3.79. The first kappa shape index (κ1) is 15.4. The number of rotatable bonds is 6. The summed E-state index contributed by atoms with van der Waals surface area (Å²) in [6.45, 7) is 5.11. The number of aliphatic carboxylic acids is 1. The van der Waals surface area contributed by atoms with Crippen LogP contribution in [0.4, 0.5) is 4.79 Å². The maximum absolute atomic E-state index is 11.1. The second kappa shape index (κ2) is 7.61. The number of ether oxygens (including phenoxy) is 1. The molecular formula is C10H18N2O5. The summed E-state index contributed by atoms with van der Waals surface area (Å²) >= 11 is 0. The van der Waals surface area contributed by atoms with Crippen molar-refractivity contribution in [3.63, 3.8) is 0 Å². The molecule has 0 fully saturated rings. The molecule has 7 heteroatoms. The maximum atomic E-state index is 11.1. The number of carbonyl (C=O) groups is 3. The lowest BCUT2D eigenvalue weighted by Gasteiger charge is -2.10. The zero-order chi connectivity index (χ0) is 13.4. The summed E-state index contributed by atoms with van der Waals surface area (Å²) < 4.78 is 4.70. The van der Waals surface area contributed by atoms with Gasteiger partial charge in [0.1, 0.15) is 6.61 Å². The molecule has 0 rings (SSSR count). The Morgan fingerprint density at radius 3 is 2.29 bits per heavy atom. The number of amides is 3. The number of carboxylic acids is 1. The molecule has 0 saturated carbocycles. The first-order valence-electron chi connectivity index (χ1n) is 5.25. The van der Waals surface area contributed by atoms with Crippen molar-refractivity contribution in [1.29, 1.82) is 0 Å². The standard InChI is InChI=1S/C10H18N2O5/c1-6(2)4-11-10(16)12-8(13)5-17-7(3)9(14)15/h6-7H,4-5H2,1-3H3,(H,14,15)(H2,11,12,13,16). The molecule has 0 aromatic heterocycles. The fraction of sp³-hybridized carbons (Fsp3) is 0.700. The Morgan fingerprint density at radius 2 is 1.82 bits per heavy atom. The van der Waals surface area contributed by atoms with E-state index in [9.17, 15) is 14.4 Å². The third-order valence-corrected chi connectivity index (χ3v) is 1.74. The molecule has 3 N–H and O–H groups in total. The highest BCUT2D eigenvalue weighted by atomic mass is 16.5. The van der Waals surface area contributed by atoms with Gasteiger partial charge < -0.3 is 15.2 Å². The highest BCUT2D eigenvalue weighted by molar-refractivity contribution is 5.94. The normalized spacial score (nSPS) is 12.0. The molecule has 0 aromatic carbocycles. The molecule has 0 aliphatic heterocycles. The highest BCUT2D eigenvalue weighted by Gasteiger charge is 2.14. The van der Waals surface area contributed by atoms with Gasteiger partial charge in [0, 0.05) is 6.54 Å². The second-order valence-electron chi connectivity index (χ2n) is 3.94. The smallest absolute Gasteiger partial charge is 0.332 e. The van der Waals surface area contributed by atoms with Crippen LogP contribution in [0.1, 0.15) is 20.8 Å². The average Bonchev–Trinajstić information content (AvgIpc) is 2.22. The Kier molecular flexibility index (Phi) is 6.88. The number of hydrogen-bond donors (Lipinski definition) is 3. The van der Waals surface area contributed by atoms with E-state index in [1.807, 2.05) is 19.2 Å². The Hall–Kier alpha value is -1.63. The highest BCUT2D eigenvalue weighted by Crippen LogP contribution is 1.90. The van der Waals surface area contributed by atoms with Gasteiger partial charge in [0.05, 0.1) is 0 Å². The van der Waals surface area contributed by atoms with Gasteiger partial charge in [-0.2, -0.15) is 0 Å². The molecule has 0 saturated heterocycles. The van der Waals surface area contributed by atoms with E-state index in [4.69, 9.17) is 9.84 Å². The van der Waals surface area contributed by atoms with Crippen molar-refractivity contribution in [3.8, 4) is 0 Å². The molecule has 0 aromatic rings. The molecule has 7 nitrogen and oxygen atoms in total. The van der Waals surface area contributed by atoms with E-state index >= 15 is 0 Å². The zero-order valence-electron chi connectivity index (χ0n) is 10.1. The van der Waals surface area contributed by atoms with E-state index in [0.717, 1.165) is 0 Å². The number of urea groups is 1. The van der Waals surface area contributed by atoms with Gasteiger partial charge in [-0.3, -0.25) is 10.1 Å². The maximum Gasteiger partial charge on any atom is 0.332 e. The lowest BCUT2D eigenvalue weighted by Crippen LogP contribution is -2.43. The van der Waals surface area contributed by atoms with Crippen LogP contribution in [0, 0.1) is 5.92 Å². The summed E-state index contributed by atoms with van der Waals surface area (Å²) in [4.78, 5) is 32.6. The number of carbonyl (C=O) groups excluding carboxylic acids is 2. The molecule has 1 unspecified atom stereocenters. The van der Waals surface area contributed by atoms with E-state index in [-0.39, 0.29) is 5.92 Å². The Morgan fingerprint density at radius 1 is 1.24 bits per heavy atom. The summed E-state index contributed by atoms with van der Waals surface area (Å²) in [7, 11) is 0. The monoisotopic (exact) mass is 246 g/mol. The molecule has 0 aliphatic carbocycles. The van der Waals surface area contributed by atoms with E-state index in [1.165, 1.54) is 6.92 Å². The van der Waals surface area contributed by atoms with Crippen molar-refractivity contribution in [3.05, 3.63) is 0 Å². The van der Waals surface area contributed by atoms with Gasteiger partial charge in [0.25, 0.3) is 5.91 Å². The number of nitrogens with one attached hydrogen (secondary N) is 2. The van der Waals surface area contributed by atoms with Crippen LogP contribution in [-0.4, -0.2) is 42.3 Å². The zero-order valence-corrected chi connectivity index (χ0v) is 10.1. The number of hydrogen-bond acceptors (Lipinski definition) is 4. The van der Waals surface area contributed by atoms with Crippen LogP contribution in [0.5, 0.6) is 0 Å². The molecule has 17 heavy (non-hydrogen) atoms. The minimum atomic E-state index is -1.16. The van der Waals surface area contributed by atoms with Gasteiger partial charge >= 0.3 is 12.0 Å². The third-order valence-electron chi connectivity index (χ3n) is 1.74. The topological polar surface area (TPSA) is 105 Å². The molecule has 0 aliphatic rings. The van der Waals surface area contributed by atoms with Crippen LogP contribution in [-0.2, 0) is 14.3 Å². The van der Waals surface area contributed by atoms with Crippen molar-refractivity contribution < 1.29 is 24.2 Å². The van der Waals surface area contributed by atoms with Crippen LogP contribution >= 0.6 is 0 Å². The van der Waals surface area contributed by atoms with Gasteiger partial charge in [-0.1, -0.05) is 13.8 Å². The lowest BCUT2D eigenvalue weighted by molar-refractivity contribution is -0.150. The SMILES string of the molecule is CC(C)CNC(=O)NC(=O)COC(C)C(=O)O. The molecule has 0 bridgehead atoms. The minimum absolute atomic E-state index is 0.277. The van der Waals surface area contributed by atoms with Crippen LogP contribution in [0.3, 0.4) is 0 Å². The second-order valence-corrected chi connectivity index (χ2v) is 3.94. The largest absolute Gasteiger partial charge is 0.479 e. The predicted octanol–water partition coefficient (Wildman–Crippen LogP) is -0.0421. The molecule has 0 heterocycles. The van der Waals surface area contributed by atoms with Crippen molar-refractivity contribution in [2.75, 3.05) is 13.2 Å². The quantitative estimate of drug-likeness (QED) is 0.610. The molecule has 0 spiro atoms. The van der Waals surface area contributed by atoms with E-state index in [0.29, 0.717) is 6.54 Å². The third kappa shape index (κ3) is 8.21. The fourth-order valence-electron chi connectivity index (χ4n) is 0.776. The van der Waals surface area contributed by atoms with Crippen LogP contribution in [0.15, 0.2) is 0 Å². The Labute approximate surface area is 99.5 Å². The summed E-state index contributed by atoms with van der Waals surface area (Å²) in [6, 6.07) is -0.615. The van der Waals surface area contributed by atoms with Crippen molar-refractivity contribution in [2.45, 2.75) is 26.9 Å². The summed E-state index contributed by atoms with van der Waals surface area (Å²) in [6.07, 6.45) is -1.08. The van der Waals surface area contributed by atoms with E-state index < -0.39 is 30.6 Å². The fourth-order valence-corrected chi connectivity index (χ4v) is 0.776. The number of imide groups is 1. The molecule has 1 atom stereocenters. The summed E-state index contributed by atoms with van der Waals surface area (Å²) in [5.41, 5.74) is 0. The molecular weight excluding hydrogens is 228 g/mol. The van der Waals surface area contributed by atoms with Gasteiger partial charge in [0.15, 0.2) is 6.10 Å². The van der Waals surface area contributed by atoms with Gasteiger partial charge in [0.2, 0.25) is 0 Å². The van der Waals surface area contributed by atoms with Crippen molar-refractivity contribution in [1.82, 2.24) is 10.6 Å². The first-order valence-corrected chi connectivity index (χ1v) is 5.25. The van der Waals surface area contributed by atoms with Crippen molar-refractivity contribution >= 4 is 17.9 Å². The molecule has 98 valence electrons. The Bertz CT molecular complexity index is 290. The lowest BCUT2D eigenvalue weighted by atomic mass is 10.2. The van der Waals surface area contributed by atoms with Gasteiger partial charge in [-0.25, -0.2) is 9.59 Å². The van der Waals surface area contributed by atoms with E-state index in [2.05, 4.69) is 5.32 Å². The van der Waals surface area contributed by atoms with E-state index in [1.54, 1.807) is 0 Å². The van der Waals surface area contributed by atoms with Crippen molar-refractivity contribution in [2.24, 2.45) is 5.92 Å². The minimum Gasteiger partial charge on any atom is -0.479 e. The van der Waals surface area contributed by atoms with Gasteiger partial charge in [-0.15, -0.1) is 0 Å². The van der Waals surface area contributed by atoms with Crippen LogP contribution in [0.2, 0.25) is 0 Å². The number of carboxylic acid groups (broad SMARTS) is 1. The van der Waals surface area contributed by atoms with Gasteiger partial charge in [-0.05, 0) is 12.8 Å². The first-order chi connectivity index (χ1) is 7.82. The molecule has 0 radical (unpaired) electrons. The summed E-state index contributed by atoms with van der Waals surface area (Å²) in [5, 5.41) is 13.0. The average molecular weight is 246 g/mol.